The summed E-state index contributed by atoms with van der Waals surface area (Å²) in [5.41, 5.74) is 1.32. The number of rotatable bonds is 2. The predicted octanol–water partition coefficient (Wildman–Crippen LogP) is 4.28. The molecule has 0 aliphatic carbocycles. The number of hydrogen-bond acceptors (Lipinski definition) is 2. The summed E-state index contributed by atoms with van der Waals surface area (Å²) in [7, 11) is 5.52. The second-order valence-electron chi connectivity index (χ2n) is 2.78. The van der Waals surface area contributed by atoms with Crippen LogP contribution in [-0.2, 0) is 0 Å². The Morgan fingerprint density at radius 2 is 1.43 bits per heavy atom. The van der Waals surface area contributed by atoms with E-state index in [-0.39, 0.29) is 0 Å². The van der Waals surface area contributed by atoms with Crippen molar-refractivity contribution in [3.05, 3.63) is 49.8 Å². The number of hydrogen-bond donors (Lipinski definition) is 0. The van der Waals surface area contributed by atoms with Crippen molar-refractivity contribution < 1.29 is 0 Å². The van der Waals surface area contributed by atoms with Crippen LogP contribution in [0.2, 0.25) is 0 Å². The van der Waals surface area contributed by atoms with E-state index in [4.69, 9.17) is 0 Å². The minimum absolute atomic E-state index is 1.22. The Morgan fingerprint density at radius 3 is 1.71 bits per heavy atom. The fraction of sp³-hybridized carbons (Fsp3) is 0. The molecule has 0 bridgehead atoms. The zero-order valence-corrected chi connectivity index (χ0v) is 11.4. The van der Waals surface area contributed by atoms with Crippen LogP contribution in [0.1, 0.15) is 9.75 Å². The second kappa shape index (κ2) is 4.68. The van der Waals surface area contributed by atoms with E-state index in [1.807, 2.05) is 0 Å². The van der Waals surface area contributed by atoms with Crippen molar-refractivity contribution in [2.45, 2.75) is 0 Å². The average Bonchev–Trinajstić information content (AvgIpc) is 2.75. The molecule has 2 unspecified atom stereocenters. The molecule has 14 heavy (non-hydrogen) atoms. The first-order valence-electron chi connectivity index (χ1n) is 4.12. The van der Waals surface area contributed by atoms with Gasteiger partial charge >= 0.3 is 0 Å². The highest BCUT2D eigenvalue weighted by Gasteiger charge is 2.08. The third-order valence-corrected chi connectivity index (χ3v) is 4.18. The quantitative estimate of drug-likeness (QED) is 0.704. The van der Waals surface area contributed by atoms with E-state index in [1.54, 1.807) is 22.7 Å². The van der Waals surface area contributed by atoms with E-state index in [9.17, 15) is 0 Å². The van der Waals surface area contributed by atoms with Gasteiger partial charge in [0.2, 0.25) is 0 Å². The Balaban J connectivity index is 2.52. The fourth-order valence-electron chi connectivity index (χ4n) is 1.25. The maximum Gasteiger partial charge on any atom is 0.0363 e. The molecule has 0 nitrogen and oxygen atoms in total. The Hall–Kier alpha value is -0.0000000000000000833. The largest absolute Gasteiger partial charge is 0.144 e. The van der Waals surface area contributed by atoms with E-state index in [0.717, 1.165) is 0 Å². The van der Waals surface area contributed by atoms with Gasteiger partial charge in [-0.25, -0.2) is 0 Å². The van der Waals surface area contributed by atoms with Crippen LogP contribution >= 0.6 is 41.2 Å². The Labute approximate surface area is 96.5 Å². The molecular formula is C10H10P2S2. The van der Waals surface area contributed by atoms with Crippen LogP contribution in [-0.4, -0.2) is 0 Å². The van der Waals surface area contributed by atoms with Crippen LogP contribution in [0.3, 0.4) is 0 Å². The van der Waals surface area contributed by atoms with Crippen molar-refractivity contribution in [2.75, 3.05) is 0 Å². The van der Waals surface area contributed by atoms with Gasteiger partial charge in [0.15, 0.2) is 0 Å². The van der Waals surface area contributed by atoms with Crippen LogP contribution in [0.15, 0.2) is 40.1 Å². The lowest BCUT2D eigenvalue weighted by molar-refractivity contribution is 1.80. The highest BCUT2D eigenvalue weighted by atomic mass is 32.1. The molecule has 0 radical (unpaired) electrons. The van der Waals surface area contributed by atoms with Gasteiger partial charge in [-0.3, -0.25) is 0 Å². The minimum atomic E-state index is 1.22. The third kappa shape index (κ3) is 2.15. The third-order valence-electron chi connectivity index (χ3n) is 1.82. The van der Waals surface area contributed by atoms with Crippen molar-refractivity contribution in [1.29, 1.82) is 0 Å². The van der Waals surface area contributed by atoms with Crippen molar-refractivity contribution in [1.82, 2.24) is 0 Å². The summed E-state index contributed by atoms with van der Waals surface area (Å²) < 4.78 is 0. The monoisotopic (exact) mass is 256 g/mol. The topological polar surface area (TPSA) is 0 Å². The molecule has 0 aromatic carbocycles. The first kappa shape index (κ1) is 10.5. The van der Waals surface area contributed by atoms with Gasteiger partial charge in [-0.1, -0.05) is 12.1 Å². The maximum atomic E-state index is 2.76. The highest BCUT2D eigenvalue weighted by molar-refractivity contribution is 7.46. The molecular weight excluding hydrogens is 246 g/mol. The Bertz CT molecular complexity index is 386. The van der Waals surface area contributed by atoms with Gasteiger partial charge in [0.05, 0.1) is 0 Å². The molecule has 0 N–H and O–H groups in total. The summed E-state index contributed by atoms with van der Waals surface area (Å²) in [5, 5.41) is 5.44. The van der Waals surface area contributed by atoms with Gasteiger partial charge < -0.3 is 0 Å². The van der Waals surface area contributed by atoms with Gasteiger partial charge in [0.25, 0.3) is 0 Å². The molecule has 2 aromatic heterocycles. The van der Waals surface area contributed by atoms with E-state index in [2.05, 4.69) is 53.5 Å². The van der Waals surface area contributed by atoms with Crippen LogP contribution in [0, 0.1) is 0 Å². The molecule has 0 saturated heterocycles. The molecule has 0 aliphatic heterocycles. The van der Waals surface area contributed by atoms with Gasteiger partial charge in [0, 0.05) is 15.3 Å². The van der Waals surface area contributed by atoms with Gasteiger partial charge in [-0.2, -0.15) is 0 Å². The molecule has 2 aromatic rings. The standard InChI is InChI=1S/C10H10P2S2/c11-10(12)9(7-3-1-5-13-7)8-4-2-6-14-8/h1-6H,11-12H2. The van der Waals surface area contributed by atoms with Crippen LogP contribution in [0.5, 0.6) is 0 Å². The van der Waals surface area contributed by atoms with Crippen molar-refractivity contribution in [3.8, 4) is 0 Å². The van der Waals surface area contributed by atoms with Crippen molar-refractivity contribution >= 4 is 46.7 Å². The minimum Gasteiger partial charge on any atom is -0.144 e. The first-order valence-corrected chi connectivity index (χ1v) is 7.03. The van der Waals surface area contributed by atoms with Gasteiger partial charge in [0.1, 0.15) is 0 Å². The molecule has 0 aliphatic rings. The molecule has 72 valence electrons. The second-order valence-corrected chi connectivity index (χ2v) is 6.59. The molecule has 4 heteroatoms. The average molecular weight is 256 g/mol. The molecule has 2 atom stereocenters. The highest BCUT2D eigenvalue weighted by Crippen LogP contribution is 2.37. The summed E-state index contributed by atoms with van der Waals surface area (Å²) in [6.45, 7) is 0. The zero-order valence-electron chi connectivity index (χ0n) is 7.44. The van der Waals surface area contributed by atoms with Crippen LogP contribution < -0.4 is 0 Å². The van der Waals surface area contributed by atoms with E-state index < -0.39 is 0 Å². The molecule has 2 rings (SSSR count). The van der Waals surface area contributed by atoms with Crippen molar-refractivity contribution in [3.63, 3.8) is 0 Å². The van der Waals surface area contributed by atoms with E-state index in [1.165, 1.54) is 20.4 Å². The van der Waals surface area contributed by atoms with Crippen LogP contribution in [0.4, 0.5) is 0 Å². The Morgan fingerprint density at radius 1 is 0.929 bits per heavy atom. The molecule has 2 heterocycles. The SMILES string of the molecule is PC(P)=C(c1cccs1)c1cccs1. The summed E-state index contributed by atoms with van der Waals surface area (Å²) in [6.07, 6.45) is 0. The van der Waals surface area contributed by atoms with Crippen molar-refractivity contribution in [2.24, 2.45) is 0 Å². The summed E-state index contributed by atoms with van der Waals surface area (Å²) in [6, 6.07) is 8.50. The van der Waals surface area contributed by atoms with Gasteiger partial charge in [-0.05, 0) is 27.9 Å². The summed E-state index contributed by atoms with van der Waals surface area (Å²) in [5.74, 6) is 0. The molecule has 0 saturated carbocycles. The normalized spacial score (nSPS) is 10.1. The Kier molecular flexibility index (Phi) is 3.52. The van der Waals surface area contributed by atoms with E-state index in [0.29, 0.717) is 0 Å². The van der Waals surface area contributed by atoms with Crippen LogP contribution in [0.25, 0.3) is 5.57 Å². The summed E-state index contributed by atoms with van der Waals surface area (Å²) >= 11 is 3.56. The maximum absolute atomic E-state index is 2.76. The molecule has 0 amide bonds. The number of thiophene rings is 2. The lowest BCUT2D eigenvalue weighted by Gasteiger charge is -2.04. The molecule has 0 spiro atoms. The van der Waals surface area contributed by atoms with Gasteiger partial charge in [-0.15, -0.1) is 41.2 Å². The molecule has 0 fully saturated rings. The van der Waals surface area contributed by atoms with E-state index >= 15 is 0 Å². The smallest absolute Gasteiger partial charge is 0.0363 e. The lowest BCUT2D eigenvalue weighted by Crippen LogP contribution is -1.79. The zero-order chi connectivity index (χ0) is 9.97. The fourth-order valence-corrected chi connectivity index (χ4v) is 3.97. The summed E-state index contributed by atoms with van der Waals surface area (Å²) in [4.78, 5) is 2.65. The predicted molar refractivity (Wildman–Crippen MR) is 74.1 cm³/mol. The first-order chi connectivity index (χ1) is 6.79. The lowest BCUT2D eigenvalue weighted by atomic mass is 10.2.